The van der Waals surface area contributed by atoms with E-state index in [0.717, 1.165) is 42.1 Å². The summed E-state index contributed by atoms with van der Waals surface area (Å²) in [7, 11) is 6.09. The van der Waals surface area contributed by atoms with Gasteiger partial charge in [-0.1, -0.05) is 13.8 Å². The lowest BCUT2D eigenvalue weighted by Crippen LogP contribution is -2.35. The third-order valence-electron chi connectivity index (χ3n) is 4.39. The molecule has 2 aromatic rings. The average Bonchev–Trinajstić information content (AvgIpc) is 3.23. The lowest BCUT2D eigenvalue weighted by molar-refractivity contribution is 0.683. The molecule has 1 saturated heterocycles. The molecule has 0 amide bonds. The summed E-state index contributed by atoms with van der Waals surface area (Å²) >= 11 is 1.51. The van der Waals surface area contributed by atoms with Crippen molar-refractivity contribution in [2.45, 2.75) is 32.2 Å². The lowest BCUT2D eigenvalue weighted by Gasteiger charge is -2.26. The van der Waals surface area contributed by atoms with E-state index in [2.05, 4.69) is 50.0 Å². The van der Waals surface area contributed by atoms with Gasteiger partial charge in [-0.25, -0.2) is 15.0 Å². The maximum atomic E-state index is 4.68. The molecule has 2 aromatic heterocycles. The number of likely N-dealkylation sites (N-methyl/N-ethyl adjacent to an activating group) is 1. The Balaban J connectivity index is 1.69. The summed E-state index contributed by atoms with van der Waals surface area (Å²) in [4.78, 5) is 20.0. The van der Waals surface area contributed by atoms with Crippen molar-refractivity contribution in [1.29, 1.82) is 0 Å². The minimum atomic E-state index is 0.376. The van der Waals surface area contributed by atoms with Gasteiger partial charge in [-0.2, -0.15) is 4.37 Å². The summed E-state index contributed by atoms with van der Waals surface area (Å²) in [6.45, 7) is 6.21. The third-order valence-corrected chi connectivity index (χ3v) is 5.18. The molecule has 1 atom stereocenters. The molecule has 24 heavy (non-hydrogen) atoms. The quantitative estimate of drug-likeness (QED) is 0.822. The molecule has 3 rings (SSSR count). The molecule has 3 heterocycles. The van der Waals surface area contributed by atoms with Crippen LogP contribution in [0.25, 0.3) is 0 Å². The Morgan fingerprint density at radius 3 is 2.62 bits per heavy atom. The Labute approximate surface area is 147 Å². The van der Waals surface area contributed by atoms with Crippen molar-refractivity contribution in [1.82, 2.24) is 19.3 Å². The monoisotopic (exact) mass is 347 g/mol. The standard InChI is InChI=1S/C16H25N7S/c1-11(2)15-19-16(24-20-15)23-7-6-12(9-23)22(5)14-8-13(21(3)4)17-10-18-14/h8,10-12H,6-7,9H2,1-5H3. The number of nitrogens with zero attached hydrogens (tertiary/aromatic N) is 7. The maximum absolute atomic E-state index is 4.68. The van der Waals surface area contributed by atoms with E-state index in [1.807, 2.05) is 25.1 Å². The van der Waals surface area contributed by atoms with E-state index in [1.54, 1.807) is 6.33 Å². The summed E-state index contributed by atoms with van der Waals surface area (Å²) in [5, 5.41) is 1.03. The zero-order chi connectivity index (χ0) is 17.3. The first kappa shape index (κ1) is 16.9. The van der Waals surface area contributed by atoms with Crippen molar-refractivity contribution in [2.24, 2.45) is 0 Å². The second kappa shape index (κ2) is 6.88. The number of rotatable bonds is 5. The second-order valence-corrected chi connectivity index (χ2v) is 7.45. The van der Waals surface area contributed by atoms with E-state index in [1.165, 1.54) is 11.5 Å². The van der Waals surface area contributed by atoms with Gasteiger partial charge in [0, 0.05) is 63.8 Å². The lowest BCUT2D eigenvalue weighted by atomic mass is 10.2. The van der Waals surface area contributed by atoms with E-state index in [0.29, 0.717) is 12.0 Å². The third kappa shape index (κ3) is 3.43. The van der Waals surface area contributed by atoms with Gasteiger partial charge in [0.15, 0.2) is 0 Å². The van der Waals surface area contributed by atoms with Gasteiger partial charge in [0.05, 0.1) is 0 Å². The second-order valence-electron chi connectivity index (χ2n) is 6.72. The van der Waals surface area contributed by atoms with E-state index in [-0.39, 0.29) is 0 Å². The van der Waals surface area contributed by atoms with Crippen LogP contribution in [0.1, 0.15) is 32.0 Å². The summed E-state index contributed by atoms with van der Waals surface area (Å²) in [6, 6.07) is 2.45. The molecule has 0 N–H and O–H groups in total. The number of hydrogen-bond donors (Lipinski definition) is 0. The van der Waals surface area contributed by atoms with Gasteiger partial charge in [-0.3, -0.25) is 0 Å². The highest BCUT2D eigenvalue weighted by Crippen LogP contribution is 2.28. The van der Waals surface area contributed by atoms with Crippen LogP contribution in [-0.4, -0.2) is 59.6 Å². The number of hydrogen-bond acceptors (Lipinski definition) is 8. The van der Waals surface area contributed by atoms with Crippen molar-refractivity contribution in [3.63, 3.8) is 0 Å². The summed E-state index contributed by atoms with van der Waals surface area (Å²) in [5.74, 6) is 3.20. The molecular weight excluding hydrogens is 322 g/mol. The molecule has 0 aromatic carbocycles. The molecular formula is C16H25N7S. The highest BCUT2D eigenvalue weighted by atomic mass is 32.1. The molecule has 8 heteroatoms. The smallest absolute Gasteiger partial charge is 0.205 e. The fourth-order valence-corrected chi connectivity index (χ4v) is 3.63. The first-order chi connectivity index (χ1) is 11.5. The fourth-order valence-electron chi connectivity index (χ4n) is 2.78. The molecule has 1 aliphatic rings. The zero-order valence-electron chi connectivity index (χ0n) is 15.0. The first-order valence-electron chi connectivity index (χ1n) is 8.26. The summed E-state index contributed by atoms with van der Waals surface area (Å²) in [6.07, 6.45) is 2.72. The van der Waals surface area contributed by atoms with Crippen molar-refractivity contribution >= 4 is 28.3 Å². The van der Waals surface area contributed by atoms with Crippen LogP contribution in [-0.2, 0) is 0 Å². The van der Waals surface area contributed by atoms with Crippen molar-refractivity contribution in [3.05, 3.63) is 18.2 Å². The molecule has 1 aliphatic heterocycles. The van der Waals surface area contributed by atoms with Crippen LogP contribution in [0.15, 0.2) is 12.4 Å². The van der Waals surface area contributed by atoms with Crippen molar-refractivity contribution in [3.8, 4) is 0 Å². The Morgan fingerprint density at radius 2 is 1.96 bits per heavy atom. The molecule has 0 radical (unpaired) electrons. The van der Waals surface area contributed by atoms with Gasteiger partial charge in [0.2, 0.25) is 5.13 Å². The van der Waals surface area contributed by atoms with Crippen LogP contribution in [0.3, 0.4) is 0 Å². The Morgan fingerprint density at radius 1 is 1.21 bits per heavy atom. The summed E-state index contributed by atoms with van der Waals surface area (Å²) in [5.41, 5.74) is 0. The van der Waals surface area contributed by atoms with Gasteiger partial charge in [0.1, 0.15) is 23.8 Å². The highest BCUT2D eigenvalue weighted by Gasteiger charge is 2.29. The van der Waals surface area contributed by atoms with Gasteiger partial charge < -0.3 is 14.7 Å². The predicted octanol–water partition coefficient (Wildman–Crippen LogP) is 2.23. The van der Waals surface area contributed by atoms with E-state index < -0.39 is 0 Å². The Hall–Kier alpha value is -1.96. The molecule has 1 unspecified atom stereocenters. The van der Waals surface area contributed by atoms with E-state index >= 15 is 0 Å². The van der Waals surface area contributed by atoms with Crippen molar-refractivity contribution < 1.29 is 0 Å². The minimum absolute atomic E-state index is 0.376. The Kier molecular flexibility index (Phi) is 4.84. The van der Waals surface area contributed by atoms with E-state index in [4.69, 9.17) is 0 Å². The predicted molar refractivity (Wildman–Crippen MR) is 99.4 cm³/mol. The number of anilines is 3. The highest BCUT2D eigenvalue weighted by molar-refractivity contribution is 7.09. The van der Waals surface area contributed by atoms with Gasteiger partial charge in [-0.15, -0.1) is 0 Å². The molecule has 7 nitrogen and oxygen atoms in total. The largest absolute Gasteiger partial charge is 0.363 e. The molecule has 130 valence electrons. The molecule has 0 spiro atoms. The van der Waals surface area contributed by atoms with Crippen LogP contribution < -0.4 is 14.7 Å². The maximum Gasteiger partial charge on any atom is 0.205 e. The van der Waals surface area contributed by atoms with E-state index in [9.17, 15) is 0 Å². The first-order valence-corrected chi connectivity index (χ1v) is 9.03. The van der Waals surface area contributed by atoms with Crippen molar-refractivity contribution in [2.75, 3.05) is 48.9 Å². The molecule has 0 saturated carbocycles. The average molecular weight is 347 g/mol. The van der Waals surface area contributed by atoms with Crippen LogP contribution in [0.5, 0.6) is 0 Å². The normalized spacial score (nSPS) is 17.6. The van der Waals surface area contributed by atoms with Crippen LogP contribution in [0, 0.1) is 0 Å². The van der Waals surface area contributed by atoms with Crippen LogP contribution >= 0.6 is 11.5 Å². The molecule has 0 aliphatic carbocycles. The van der Waals surface area contributed by atoms with Gasteiger partial charge in [-0.05, 0) is 6.42 Å². The fraction of sp³-hybridized carbons (Fsp3) is 0.625. The zero-order valence-corrected chi connectivity index (χ0v) is 15.8. The SMILES string of the molecule is CC(C)c1nsc(N2CCC(N(C)c3cc(N(C)C)ncn3)C2)n1. The molecule has 0 bridgehead atoms. The summed E-state index contributed by atoms with van der Waals surface area (Å²) < 4.78 is 4.47. The topological polar surface area (TPSA) is 61.3 Å². The Bertz CT molecular complexity index is 685. The number of aromatic nitrogens is 4. The van der Waals surface area contributed by atoms with Gasteiger partial charge in [0.25, 0.3) is 0 Å². The van der Waals surface area contributed by atoms with Crippen LogP contribution in [0.4, 0.5) is 16.8 Å². The van der Waals surface area contributed by atoms with Crippen LogP contribution in [0.2, 0.25) is 0 Å². The minimum Gasteiger partial charge on any atom is -0.363 e. The molecule has 1 fully saturated rings. The van der Waals surface area contributed by atoms with Gasteiger partial charge >= 0.3 is 0 Å².